The molecule has 12 atom stereocenters. The third kappa shape index (κ3) is 3.94. The van der Waals surface area contributed by atoms with E-state index in [1.165, 1.54) is 0 Å². The lowest BCUT2D eigenvalue weighted by molar-refractivity contribution is -0.287. The first kappa shape index (κ1) is 27.8. The normalized spacial score (nSPS) is 53.3. The van der Waals surface area contributed by atoms with Crippen LogP contribution in [0, 0.1) is 28.6 Å². The van der Waals surface area contributed by atoms with Gasteiger partial charge in [-0.3, -0.25) is 0 Å². The van der Waals surface area contributed by atoms with E-state index in [-0.39, 0.29) is 35.9 Å². The van der Waals surface area contributed by atoms with Crippen molar-refractivity contribution in [3.8, 4) is 0 Å². The standard InChI is InChI=1S/C30H44O9/c1-17-26(33)23(36-3)13-25(38-17)39-19-4-9-28(16-31)21-5-8-27(2)20(18-12-24(32)37-15-18)7-11-30(27,35)22(21)6-10-29(28,34)14-19/h12,16-17,19-23,25-26,33-35H,4-11,13-15H2,1-3H3/t17-,19+,20?,21?,22?,23+,25+,26+,27?,28+,29?,30?/m1/s1. The van der Waals surface area contributed by atoms with Crippen LogP contribution < -0.4 is 0 Å². The van der Waals surface area contributed by atoms with Crippen LogP contribution >= 0.6 is 0 Å². The Morgan fingerprint density at radius 3 is 2.54 bits per heavy atom. The molecule has 0 aromatic rings. The molecule has 2 heterocycles. The number of fused-ring (bicyclic) bond motifs is 5. The van der Waals surface area contributed by atoms with Crippen molar-refractivity contribution < 1.29 is 43.9 Å². The van der Waals surface area contributed by atoms with Crippen LogP contribution in [-0.2, 0) is 28.5 Å². The number of cyclic esters (lactones) is 1. The van der Waals surface area contributed by atoms with E-state index >= 15 is 0 Å². The minimum Gasteiger partial charge on any atom is -0.458 e. The largest absolute Gasteiger partial charge is 0.458 e. The predicted octanol–water partition coefficient (Wildman–Crippen LogP) is 2.43. The van der Waals surface area contributed by atoms with Gasteiger partial charge < -0.3 is 39.1 Å². The van der Waals surface area contributed by atoms with Crippen LogP contribution in [0.5, 0.6) is 0 Å². The summed E-state index contributed by atoms with van der Waals surface area (Å²) in [7, 11) is 1.57. The molecule has 9 nitrogen and oxygen atoms in total. The van der Waals surface area contributed by atoms with Crippen molar-refractivity contribution in [2.24, 2.45) is 28.6 Å². The van der Waals surface area contributed by atoms with Gasteiger partial charge in [0.05, 0.1) is 34.9 Å². The minimum atomic E-state index is -1.21. The van der Waals surface area contributed by atoms with Crippen molar-refractivity contribution >= 4 is 12.3 Å². The van der Waals surface area contributed by atoms with Crippen molar-refractivity contribution in [3.05, 3.63) is 11.6 Å². The fraction of sp³-hybridized carbons (Fsp3) is 0.867. The number of methoxy groups -OCH3 is 1. The molecule has 4 aliphatic carbocycles. The number of ether oxygens (including phenoxy) is 4. The van der Waals surface area contributed by atoms with Crippen LogP contribution in [0.1, 0.15) is 78.1 Å². The first-order chi connectivity index (χ1) is 18.5. The van der Waals surface area contributed by atoms with Crippen LogP contribution in [0.3, 0.4) is 0 Å². The van der Waals surface area contributed by atoms with Crippen molar-refractivity contribution in [2.45, 2.75) is 120 Å². The summed E-state index contributed by atoms with van der Waals surface area (Å²) >= 11 is 0. The molecular formula is C30H44O9. The van der Waals surface area contributed by atoms with Crippen LogP contribution in [0.15, 0.2) is 11.6 Å². The Balaban J connectivity index is 1.21. The fourth-order valence-electron chi connectivity index (χ4n) is 9.98. The average Bonchev–Trinajstić information content (AvgIpc) is 3.45. The van der Waals surface area contributed by atoms with Crippen molar-refractivity contribution in [1.82, 2.24) is 0 Å². The molecule has 3 N–H and O–H groups in total. The lowest BCUT2D eigenvalue weighted by Crippen LogP contribution is -2.69. The molecule has 2 aliphatic heterocycles. The summed E-state index contributed by atoms with van der Waals surface area (Å²) in [5, 5.41) is 34.8. The highest BCUT2D eigenvalue weighted by molar-refractivity contribution is 5.85. The number of carbonyl (C=O) groups excluding carboxylic acids is 2. The van der Waals surface area contributed by atoms with Crippen LogP contribution in [0.25, 0.3) is 0 Å². The van der Waals surface area contributed by atoms with Gasteiger partial charge in [0.1, 0.15) is 19.0 Å². The SMILES string of the molecule is CO[C@H]1C[C@H](O[C@H]2CC[C@]3(C=O)C4CCC5(C)C(C6=CC(=O)OC6)CCC5(O)C4CCC3(O)C2)O[C@H](C)[C@@H]1O. The number of carbonyl (C=O) groups is 2. The molecule has 0 aromatic heterocycles. The number of aliphatic hydroxyl groups excluding tert-OH is 1. The average molecular weight is 549 g/mol. The molecule has 0 spiro atoms. The highest BCUT2D eigenvalue weighted by Crippen LogP contribution is 2.70. The quantitative estimate of drug-likeness (QED) is 0.269. The summed E-state index contributed by atoms with van der Waals surface area (Å²) in [6.07, 6.45) is 6.10. The maximum Gasteiger partial charge on any atom is 0.331 e. The van der Waals surface area contributed by atoms with E-state index in [1.54, 1.807) is 20.1 Å². The number of aliphatic hydroxyl groups is 3. The number of aldehydes is 1. The molecule has 218 valence electrons. The van der Waals surface area contributed by atoms with E-state index in [1.807, 2.05) is 0 Å². The molecule has 0 aromatic carbocycles. The Hall–Kier alpha value is -1.36. The van der Waals surface area contributed by atoms with Gasteiger partial charge in [-0.05, 0) is 81.6 Å². The highest BCUT2D eigenvalue weighted by Gasteiger charge is 2.71. The monoisotopic (exact) mass is 548 g/mol. The molecule has 5 fully saturated rings. The Morgan fingerprint density at radius 2 is 1.85 bits per heavy atom. The Morgan fingerprint density at radius 1 is 1.08 bits per heavy atom. The number of hydrogen-bond donors (Lipinski definition) is 3. The summed E-state index contributed by atoms with van der Waals surface area (Å²) < 4.78 is 22.9. The van der Waals surface area contributed by atoms with Gasteiger partial charge >= 0.3 is 5.97 Å². The van der Waals surface area contributed by atoms with Gasteiger partial charge in [0.15, 0.2) is 6.29 Å². The zero-order chi connectivity index (χ0) is 27.8. The Bertz CT molecular complexity index is 1030. The summed E-state index contributed by atoms with van der Waals surface area (Å²) in [6, 6.07) is 0. The molecule has 6 rings (SSSR count). The van der Waals surface area contributed by atoms with E-state index in [0.29, 0.717) is 51.6 Å². The van der Waals surface area contributed by atoms with Gasteiger partial charge in [-0.2, -0.15) is 0 Å². The molecule has 9 heteroatoms. The number of hydrogen-bond acceptors (Lipinski definition) is 9. The zero-order valence-corrected chi connectivity index (χ0v) is 23.3. The van der Waals surface area contributed by atoms with E-state index in [2.05, 4.69) is 6.92 Å². The van der Waals surface area contributed by atoms with Crippen LogP contribution in [-0.4, -0.2) is 83.2 Å². The lowest BCUT2D eigenvalue weighted by Gasteiger charge is -2.65. The van der Waals surface area contributed by atoms with E-state index in [0.717, 1.165) is 31.1 Å². The smallest absolute Gasteiger partial charge is 0.331 e. The Labute approximate surface area is 230 Å². The molecule has 0 amide bonds. The van der Waals surface area contributed by atoms with Crippen molar-refractivity contribution in [1.29, 1.82) is 0 Å². The molecular weight excluding hydrogens is 504 g/mol. The van der Waals surface area contributed by atoms with E-state index in [4.69, 9.17) is 18.9 Å². The first-order valence-electron chi connectivity index (χ1n) is 14.8. The molecule has 4 saturated carbocycles. The second kappa shape index (κ2) is 9.60. The molecule has 6 unspecified atom stereocenters. The second-order valence-corrected chi connectivity index (χ2v) is 13.5. The summed E-state index contributed by atoms with van der Waals surface area (Å²) in [4.78, 5) is 24.8. The van der Waals surface area contributed by atoms with Gasteiger partial charge in [0.25, 0.3) is 0 Å². The van der Waals surface area contributed by atoms with Gasteiger partial charge in [0.2, 0.25) is 0 Å². The van der Waals surface area contributed by atoms with Gasteiger partial charge in [0, 0.05) is 31.4 Å². The molecule has 0 radical (unpaired) electrons. The first-order valence-corrected chi connectivity index (χ1v) is 14.8. The molecule has 1 saturated heterocycles. The third-order valence-electron chi connectivity index (χ3n) is 12.1. The third-order valence-corrected chi connectivity index (χ3v) is 12.1. The van der Waals surface area contributed by atoms with Crippen molar-refractivity contribution in [3.63, 3.8) is 0 Å². The van der Waals surface area contributed by atoms with Gasteiger partial charge in [-0.1, -0.05) is 6.92 Å². The van der Waals surface area contributed by atoms with Crippen LogP contribution in [0.2, 0.25) is 0 Å². The topological polar surface area (TPSA) is 132 Å². The highest BCUT2D eigenvalue weighted by atomic mass is 16.7. The van der Waals surface area contributed by atoms with E-state index < -0.39 is 40.5 Å². The molecule has 39 heavy (non-hydrogen) atoms. The van der Waals surface area contributed by atoms with Gasteiger partial charge in [-0.15, -0.1) is 0 Å². The predicted molar refractivity (Wildman–Crippen MR) is 138 cm³/mol. The lowest BCUT2D eigenvalue weighted by atomic mass is 9.41. The second-order valence-electron chi connectivity index (χ2n) is 13.5. The summed E-state index contributed by atoms with van der Waals surface area (Å²) in [5.41, 5.74) is -2.52. The maximum atomic E-state index is 13.0. The summed E-state index contributed by atoms with van der Waals surface area (Å²) in [5.74, 6) is -0.420. The molecule has 6 aliphatic rings. The zero-order valence-electron chi connectivity index (χ0n) is 23.3. The number of rotatable bonds is 5. The minimum absolute atomic E-state index is 0.0827. The van der Waals surface area contributed by atoms with Crippen LogP contribution in [0.4, 0.5) is 0 Å². The summed E-state index contributed by atoms with van der Waals surface area (Å²) in [6.45, 7) is 4.25. The Kier molecular flexibility index (Phi) is 6.84. The molecule has 0 bridgehead atoms. The van der Waals surface area contributed by atoms with E-state index in [9.17, 15) is 24.9 Å². The fourth-order valence-corrected chi connectivity index (χ4v) is 9.98. The van der Waals surface area contributed by atoms with Crippen molar-refractivity contribution in [2.75, 3.05) is 13.7 Å². The maximum absolute atomic E-state index is 13.0. The number of esters is 1. The van der Waals surface area contributed by atoms with Gasteiger partial charge in [-0.25, -0.2) is 4.79 Å².